The highest BCUT2D eigenvalue weighted by molar-refractivity contribution is 7.85. The lowest BCUT2D eigenvalue weighted by atomic mass is 10.3. The van der Waals surface area contributed by atoms with Crippen molar-refractivity contribution in [3.8, 4) is 0 Å². The van der Waals surface area contributed by atoms with E-state index in [1.165, 1.54) is 6.07 Å². The molecule has 0 spiro atoms. The van der Waals surface area contributed by atoms with E-state index in [9.17, 15) is 13.2 Å². The summed E-state index contributed by atoms with van der Waals surface area (Å²) in [4.78, 5) is 11.5. The van der Waals surface area contributed by atoms with Gasteiger partial charge in [-0.15, -0.1) is 11.6 Å². The number of hydrogen-bond donors (Lipinski definition) is 2. The Hall–Kier alpha value is -1.05. The van der Waals surface area contributed by atoms with Gasteiger partial charge in [-0.2, -0.15) is 8.42 Å². The van der Waals surface area contributed by atoms with E-state index in [0.717, 1.165) is 0 Å². The molecule has 1 heterocycles. The summed E-state index contributed by atoms with van der Waals surface area (Å²) in [5, 5.41) is 2.31. The molecule has 17 heavy (non-hydrogen) atoms. The highest BCUT2D eigenvalue weighted by atomic mass is 35.5. The predicted molar refractivity (Wildman–Crippen MR) is 61.8 cm³/mol. The second-order valence-corrected chi connectivity index (χ2v) is 5.21. The van der Waals surface area contributed by atoms with Gasteiger partial charge < -0.3 is 9.73 Å². The molecule has 0 aliphatic carbocycles. The molecule has 0 saturated heterocycles. The zero-order valence-electron chi connectivity index (χ0n) is 9.07. The molecule has 8 heteroatoms. The molecule has 0 bridgehead atoms. The van der Waals surface area contributed by atoms with Crippen LogP contribution in [-0.4, -0.2) is 31.2 Å². The Balaban J connectivity index is 2.58. The summed E-state index contributed by atoms with van der Waals surface area (Å²) in [5.41, 5.74) is 0.701. The van der Waals surface area contributed by atoms with E-state index < -0.39 is 21.8 Å². The fourth-order valence-electron chi connectivity index (χ4n) is 1.15. The molecule has 0 atom stereocenters. The molecule has 0 saturated carbocycles. The SMILES string of the molecule is Cc1oc(C(=O)NCCS(=O)(=O)O)cc1CCl. The van der Waals surface area contributed by atoms with Gasteiger partial charge in [0.05, 0.1) is 11.6 Å². The first-order valence-corrected chi connectivity index (χ1v) is 6.86. The van der Waals surface area contributed by atoms with Crippen LogP contribution in [0.1, 0.15) is 21.9 Å². The lowest BCUT2D eigenvalue weighted by molar-refractivity contribution is 0.0927. The number of amides is 1. The van der Waals surface area contributed by atoms with Gasteiger partial charge in [0, 0.05) is 12.1 Å². The van der Waals surface area contributed by atoms with Gasteiger partial charge >= 0.3 is 0 Å². The Labute approximate surface area is 104 Å². The molecule has 1 amide bonds. The summed E-state index contributed by atoms with van der Waals surface area (Å²) in [6, 6.07) is 1.49. The van der Waals surface area contributed by atoms with Gasteiger partial charge in [0.2, 0.25) is 0 Å². The van der Waals surface area contributed by atoms with Crippen LogP contribution in [0.15, 0.2) is 10.5 Å². The second-order valence-electron chi connectivity index (χ2n) is 3.37. The summed E-state index contributed by atoms with van der Waals surface area (Å²) in [6.07, 6.45) is 0. The largest absolute Gasteiger partial charge is 0.456 e. The van der Waals surface area contributed by atoms with Gasteiger partial charge in [-0.3, -0.25) is 9.35 Å². The summed E-state index contributed by atoms with van der Waals surface area (Å²) in [5.74, 6) is -0.254. The van der Waals surface area contributed by atoms with Gasteiger partial charge in [-0.05, 0) is 13.0 Å². The molecular weight excluding hydrogens is 270 g/mol. The summed E-state index contributed by atoms with van der Waals surface area (Å²) >= 11 is 5.61. The van der Waals surface area contributed by atoms with Crippen molar-refractivity contribution in [2.24, 2.45) is 0 Å². The summed E-state index contributed by atoms with van der Waals surface area (Å²) in [7, 11) is -4.08. The zero-order valence-corrected chi connectivity index (χ0v) is 10.6. The van der Waals surface area contributed by atoms with E-state index in [0.29, 0.717) is 11.3 Å². The van der Waals surface area contributed by atoms with Gasteiger partial charge in [-0.1, -0.05) is 0 Å². The number of carbonyl (C=O) groups excluding carboxylic acids is 1. The van der Waals surface area contributed by atoms with Gasteiger partial charge in [0.25, 0.3) is 16.0 Å². The number of carbonyl (C=O) groups is 1. The number of furan rings is 1. The molecule has 0 unspecified atom stereocenters. The van der Waals surface area contributed by atoms with Gasteiger partial charge in [0.1, 0.15) is 5.76 Å². The molecule has 96 valence electrons. The third-order valence-electron chi connectivity index (χ3n) is 2.03. The normalized spacial score (nSPS) is 11.5. The molecule has 0 aromatic carbocycles. The molecule has 1 aromatic heterocycles. The fraction of sp³-hybridized carbons (Fsp3) is 0.444. The van der Waals surface area contributed by atoms with Crippen molar-refractivity contribution >= 4 is 27.6 Å². The fourth-order valence-corrected chi connectivity index (χ4v) is 1.77. The molecule has 2 N–H and O–H groups in total. The highest BCUT2D eigenvalue weighted by Crippen LogP contribution is 2.16. The lowest BCUT2D eigenvalue weighted by Crippen LogP contribution is -2.28. The Morgan fingerprint density at radius 3 is 2.71 bits per heavy atom. The topological polar surface area (TPSA) is 96.6 Å². The van der Waals surface area contributed by atoms with Crippen LogP contribution in [0, 0.1) is 6.92 Å². The van der Waals surface area contributed by atoms with Crippen LogP contribution in [0.5, 0.6) is 0 Å². The van der Waals surface area contributed by atoms with Crippen molar-refractivity contribution in [2.75, 3.05) is 12.3 Å². The number of rotatable bonds is 5. The van der Waals surface area contributed by atoms with Crippen molar-refractivity contribution in [1.82, 2.24) is 5.32 Å². The lowest BCUT2D eigenvalue weighted by Gasteiger charge is -2.00. The van der Waals surface area contributed by atoms with E-state index in [-0.39, 0.29) is 18.2 Å². The molecular formula is C9H12ClNO5S. The van der Waals surface area contributed by atoms with Crippen LogP contribution in [0.25, 0.3) is 0 Å². The Morgan fingerprint density at radius 2 is 2.24 bits per heavy atom. The van der Waals surface area contributed by atoms with Crippen LogP contribution >= 0.6 is 11.6 Å². The van der Waals surface area contributed by atoms with Crippen LogP contribution < -0.4 is 5.32 Å². The number of nitrogens with one attached hydrogen (secondary N) is 1. The standard InChI is InChI=1S/C9H12ClNO5S/c1-6-7(5-10)4-8(16-6)9(12)11-2-3-17(13,14)15/h4H,2-3,5H2,1H3,(H,11,12)(H,13,14,15). The first-order chi connectivity index (χ1) is 7.83. The smallest absolute Gasteiger partial charge is 0.287 e. The van der Waals surface area contributed by atoms with Crippen molar-refractivity contribution in [1.29, 1.82) is 0 Å². The van der Waals surface area contributed by atoms with E-state index in [4.69, 9.17) is 20.6 Å². The Morgan fingerprint density at radius 1 is 1.59 bits per heavy atom. The van der Waals surface area contributed by atoms with Crippen LogP contribution in [-0.2, 0) is 16.0 Å². The average molecular weight is 282 g/mol. The average Bonchev–Trinajstić information content (AvgIpc) is 2.57. The van der Waals surface area contributed by atoms with Crippen LogP contribution in [0.3, 0.4) is 0 Å². The number of aryl methyl sites for hydroxylation is 1. The molecule has 6 nitrogen and oxygen atoms in total. The monoisotopic (exact) mass is 281 g/mol. The predicted octanol–water partition coefficient (Wildman–Crippen LogP) is 0.944. The number of halogens is 1. The summed E-state index contributed by atoms with van der Waals surface area (Å²) < 4.78 is 34.4. The minimum atomic E-state index is -4.08. The van der Waals surface area contributed by atoms with E-state index in [1.807, 2.05) is 0 Å². The zero-order chi connectivity index (χ0) is 13.1. The van der Waals surface area contributed by atoms with Crippen molar-refractivity contribution in [3.63, 3.8) is 0 Å². The molecule has 0 fully saturated rings. The molecule has 0 radical (unpaired) electrons. The maximum atomic E-state index is 11.5. The quantitative estimate of drug-likeness (QED) is 0.618. The van der Waals surface area contributed by atoms with Crippen molar-refractivity contribution in [3.05, 3.63) is 23.2 Å². The molecule has 0 aliphatic rings. The van der Waals surface area contributed by atoms with E-state index in [2.05, 4.69) is 5.32 Å². The molecule has 0 aliphatic heterocycles. The summed E-state index contributed by atoms with van der Waals surface area (Å²) in [6.45, 7) is 1.49. The molecule has 1 rings (SSSR count). The number of alkyl halides is 1. The Kier molecular flexibility index (Phi) is 4.55. The third-order valence-corrected chi connectivity index (χ3v) is 3.04. The molecule has 1 aromatic rings. The maximum Gasteiger partial charge on any atom is 0.287 e. The number of hydrogen-bond acceptors (Lipinski definition) is 4. The first-order valence-electron chi connectivity index (χ1n) is 4.72. The van der Waals surface area contributed by atoms with Crippen LogP contribution in [0.4, 0.5) is 0 Å². The van der Waals surface area contributed by atoms with Gasteiger partial charge in [0.15, 0.2) is 5.76 Å². The maximum absolute atomic E-state index is 11.5. The van der Waals surface area contributed by atoms with Crippen LogP contribution in [0.2, 0.25) is 0 Å². The van der Waals surface area contributed by atoms with E-state index >= 15 is 0 Å². The minimum Gasteiger partial charge on any atom is -0.456 e. The van der Waals surface area contributed by atoms with E-state index in [1.54, 1.807) is 6.92 Å². The third kappa shape index (κ3) is 4.37. The van der Waals surface area contributed by atoms with Gasteiger partial charge in [-0.25, -0.2) is 0 Å². The second kappa shape index (κ2) is 5.52. The van der Waals surface area contributed by atoms with Crippen molar-refractivity contribution in [2.45, 2.75) is 12.8 Å². The Bertz CT molecular complexity index is 507. The first kappa shape index (κ1) is 14.0. The highest BCUT2D eigenvalue weighted by Gasteiger charge is 2.14. The minimum absolute atomic E-state index is 0.0634. The van der Waals surface area contributed by atoms with Crippen molar-refractivity contribution < 1.29 is 22.2 Å².